The van der Waals surface area contributed by atoms with E-state index in [-0.39, 0.29) is 5.84 Å². The zero-order valence-electron chi connectivity index (χ0n) is 9.68. The van der Waals surface area contributed by atoms with Crippen LogP contribution in [0.15, 0.2) is 59.6 Å². The topological polar surface area (TPSA) is 44.6 Å². The van der Waals surface area contributed by atoms with E-state index in [1.54, 1.807) is 24.3 Å². The molecule has 0 saturated carbocycles. The zero-order chi connectivity index (χ0) is 12.8. The van der Waals surface area contributed by atoms with Gasteiger partial charge in [-0.15, -0.1) is 0 Å². The van der Waals surface area contributed by atoms with Crippen LogP contribution >= 0.6 is 0 Å². The molecule has 2 N–H and O–H groups in total. The minimum Gasteiger partial charge on any atom is -0.290 e. The molecule has 0 saturated heterocycles. The van der Waals surface area contributed by atoms with E-state index in [0.717, 1.165) is 0 Å². The Labute approximate surface area is 105 Å². The van der Waals surface area contributed by atoms with Gasteiger partial charge < -0.3 is 0 Å². The normalized spacial score (nSPS) is 11.3. The Hall–Kier alpha value is -2.20. The molecule has 0 aliphatic carbocycles. The summed E-state index contributed by atoms with van der Waals surface area (Å²) >= 11 is 0. The maximum absolute atomic E-state index is 12.6. The molecule has 0 fully saturated rings. The van der Waals surface area contributed by atoms with Crippen molar-refractivity contribution >= 4 is 11.5 Å². The van der Waals surface area contributed by atoms with Crippen molar-refractivity contribution in [3.63, 3.8) is 0 Å². The van der Waals surface area contributed by atoms with Gasteiger partial charge >= 0.3 is 0 Å². The average Bonchev–Trinajstić information content (AvgIpc) is 2.46. The van der Waals surface area contributed by atoms with Crippen LogP contribution in [0.2, 0.25) is 0 Å². The summed E-state index contributed by atoms with van der Waals surface area (Å²) in [6, 6.07) is 16.0. The minimum absolute atomic E-state index is 0.288. The maximum Gasteiger partial charge on any atom is 0.157 e. The van der Waals surface area contributed by atoms with Crippen molar-refractivity contribution in [3.8, 4) is 0 Å². The third kappa shape index (κ3) is 2.93. The number of hydrogen-bond donors (Lipinski definition) is 2. The lowest BCUT2D eigenvalue weighted by Gasteiger charge is -2.06. The number of alkyl halides is 1. The molecule has 92 valence electrons. The second-order valence-electron chi connectivity index (χ2n) is 3.74. The van der Waals surface area contributed by atoms with Crippen LogP contribution in [0, 0.1) is 0 Å². The molecule has 4 heteroatoms. The molecule has 0 aromatic heterocycles. The molecular formula is C14H13FN2O. The Morgan fingerprint density at radius 2 is 1.89 bits per heavy atom. The monoisotopic (exact) mass is 244 g/mol. The van der Waals surface area contributed by atoms with Crippen LogP contribution in [0.3, 0.4) is 0 Å². The molecular weight excluding hydrogens is 231 g/mol. The van der Waals surface area contributed by atoms with Gasteiger partial charge in [0, 0.05) is 5.56 Å². The predicted octanol–water partition coefficient (Wildman–Crippen LogP) is 3.21. The van der Waals surface area contributed by atoms with Gasteiger partial charge in [0.15, 0.2) is 5.84 Å². The first kappa shape index (κ1) is 12.3. The van der Waals surface area contributed by atoms with Crippen LogP contribution in [-0.4, -0.2) is 11.0 Å². The van der Waals surface area contributed by atoms with Gasteiger partial charge in [0.25, 0.3) is 0 Å². The van der Waals surface area contributed by atoms with Crippen LogP contribution < -0.4 is 5.48 Å². The first-order valence-electron chi connectivity index (χ1n) is 5.52. The fraction of sp³-hybridized carbons (Fsp3) is 0.0714. The summed E-state index contributed by atoms with van der Waals surface area (Å²) in [5.74, 6) is 0.288. The molecule has 0 spiro atoms. The number of rotatable bonds is 3. The van der Waals surface area contributed by atoms with E-state index in [9.17, 15) is 4.39 Å². The molecule has 0 bridgehead atoms. The Kier molecular flexibility index (Phi) is 4.04. The molecule has 0 aliphatic rings. The van der Waals surface area contributed by atoms with Gasteiger partial charge in [-0.05, 0) is 23.8 Å². The maximum atomic E-state index is 12.6. The van der Waals surface area contributed by atoms with Gasteiger partial charge in [-0.3, -0.25) is 10.7 Å². The Bertz CT molecular complexity index is 541. The second kappa shape index (κ2) is 5.93. The fourth-order valence-electron chi connectivity index (χ4n) is 1.59. The number of hydrogen-bond acceptors (Lipinski definition) is 2. The Morgan fingerprint density at radius 3 is 2.56 bits per heavy atom. The summed E-state index contributed by atoms with van der Waals surface area (Å²) < 4.78 is 12.6. The first-order valence-corrected chi connectivity index (χ1v) is 5.52. The molecule has 0 unspecified atom stereocenters. The number of nitrogens with one attached hydrogen (secondary N) is 1. The van der Waals surface area contributed by atoms with Gasteiger partial charge in [0.2, 0.25) is 0 Å². The Balaban J connectivity index is 2.36. The van der Waals surface area contributed by atoms with Gasteiger partial charge in [-0.2, -0.15) is 0 Å². The summed E-state index contributed by atoms with van der Waals surface area (Å²) in [6.45, 7) is -0.544. The average molecular weight is 244 g/mol. The summed E-state index contributed by atoms with van der Waals surface area (Å²) in [6.07, 6.45) is 0. The third-order valence-corrected chi connectivity index (χ3v) is 2.46. The highest BCUT2D eigenvalue weighted by Crippen LogP contribution is 2.13. The minimum atomic E-state index is -0.544. The molecule has 2 aromatic rings. The molecule has 0 radical (unpaired) electrons. The molecule has 0 amide bonds. The quantitative estimate of drug-likeness (QED) is 0.494. The lowest BCUT2D eigenvalue weighted by Crippen LogP contribution is -2.20. The fourth-order valence-corrected chi connectivity index (χ4v) is 1.59. The summed E-state index contributed by atoms with van der Waals surface area (Å²) in [5.41, 5.74) is 3.93. The molecule has 18 heavy (non-hydrogen) atoms. The van der Waals surface area contributed by atoms with Gasteiger partial charge in [-0.1, -0.05) is 36.4 Å². The zero-order valence-corrected chi connectivity index (χ0v) is 9.68. The van der Waals surface area contributed by atoms with Crippen molar-refractivity contribution < 1.29 is 9.60 Å². The van der Waals surface area contributed by atoms with Crippen LogP contribution in [0.25, 0.3) is 0 Å². The van der Waals surface area contributed by atoms with E-state index < -0.39 is 6.67 Å². The van der Waals surface area contributed by atoms with Crippen LogP contribution in [0.1, 0.15) is 11.1 Å². The third-order valence-electron chi connectivity index (χ3n) is 2.46. The molecule has 0 aliphatic heterocycles. The highest BCUT2D eigenvalue weighted by atomic mass is 19.1. The number of nitrogens with zero attached hydrogens (tertiary/aromatic N) is 1. The van der Waals surface area contributed by atoms with E-state index >= 15 is 0 Å². The van der Waals surface area contributed by atoms with Crippen molar-refractivity contribution in [1.29, 1.82) is 0 Å². The highest BCUT2D eigenvalue weighted by Gasteiger charge is 2.03. The largest absolute Gasteiger partial charge is 0.290 e. The summed E-state index contributed by atoms with van der Waals surface area (Å²) in [5, 5.41) is 9.13. The Morgan fingerprint density at radius 1 is 1.11 bits per heavy atom. The standard InChI is InChI=1S/C14H13FN2O/c15-10-11-5-4-6-12(9-11)14(17-18)16-13-7-2-1-3-8-13/h1-9,18H,10H2,(H,16,17). The van der Waals surface area contributed by atoms with Gasteiger partial charge in [0.1, 0.15) is 6.67 Å². The highest BCUT2D eigenvalue weighted by molar-refractivity contribution is 5.99. The van der Waals surface area contributed by atoms with Crippen molar-refractivity contribution in [3.05, 3.63) is 65.7 Å². The van der Waals surface area contributed by atoms with Crippen molar-refractivity contribution in [2.45, 2.75) is 6.67 Å². The molecule has 0 heterocycles. The van der Waals surface area contributed by atoms with Crippen LogP contribution in [0.5, 0.6) is 0 Å². The molecule has 0 atom stereocenters. The van der Waals surface area contributed by atoms with Crippen LogP contribution in [-0.2, 0) is 6.67 Å². The lowest BCUT2D eigenvalue weighted by molar-refractivity contribution is 0.235. The number of aliphatic imine (C=N–C) groups is 1. The van der Waals surface area contributed by atoms with Gasteiger partial charge in [0.05, 0.1) is 5.69 Å². The number of para-hydroxylation sites is 1. The number of benzene rings is 2. The van der Waals surface area contributed by atoms with Crippen molar-refractivity contribution in [1.82, 2.24) is 5.48 Å². The number of halogens is 1. The SMILES string of the molecule is ONC(=Nc1ccccc1)c1cccc(CF)c1. The van der Waals surface area contributed by atoms with E-state index in [1.165, 1.54) is 0 Å². The molecule has 3 nitrogen and oxygen atoms in total. The molecule has 2 rings (SSSR count). The van der Waals surface area contributed by atoms with E-state index in [2.05, 4.69) is 4.99 Å². The van der Waals surface area contributed by atoms with E-state index in [0.29, 0.717) is 16.8 Å². The van der Waals surface area contributed by atoms with Crippen molar-refractivity contribution in [2.75, 3.05) is 0 Å². The number of amidine groups is 1. The van der Waals surface area contributed by atoms with E-state index in [1.807, 2.05) is 35.8 Å². The second-order valence-corrected chi connectivity index (χ2v) is 3.74. The summed E-state index contributed by atoms with van der Waals surface area (Å²) in [7, 11) is 0. The predicted molar refractivity (Wildman–Crippen MR) is 68.8 cm³/mol. The van der Waals surface area contributed by atoms with Gasteiger partial charge in [-0.25, -0.2) is 9.38 Å². The van der Waals surface area contributed by atoms with Crippen molar-refractivity contribution in [2.24, 2.45) is 4.99 Å². The molecule has 2 aromatic carbocycles. The summed E-state index contributed by atoms with van der Waals surface area (Å²) in [4.78, 5) is 4.26. The lowest BCUT2D eigenvalue weighted by atomic mass is 10.1. The smallest absolute Gasteiger partial charge is 0.157 e. The van der Waals surface area contributed by atoms with E-state index in [4.69, 9.17) is 5.21 Å². The number of hydroxylamine groups is 1. The van der Waals surface area contributed by atoms with Crippen LogP contribution in [0.4, 0.5) is 10.1 Å². The first-order chi connectivity index (χ1) is 8.83.